The van der Waals surface area contributed by atoms with Crippen LogP contribution in [0.3, 0.4) is 0 Å². The minimum absolute atomic E-state index is 0. The third-order valence-electron chi connectivity index (χ3n) is 4.12. The van der Waals surface area contributed by atoms with Gasteiger partial charge in [-0.2, -0.15) is 0 Å². The Labute approximate surface area is 149 Å². The largest absolute Gasteiger partial charge is 0.386 e. The molecule has 0 fully saturated rings. The van der Waals surface area contributed by atoms with Crippen molar-refractivity contribution in [3.8, 4) is 11.3 Å². The van der Waals surface area contributed by atoms with Crippen molar-refractivity contribution in [3.05, 3.63) is 36.0 Å². The van der Waals surface area contributed by atoms with Gasteiger partial charge < -0.3 is 15.2 Å². The maximum absolute atomic E-state index is 12.2. The summed E-state index contributed by atoms with van der Waals surface area (Å²) in [4.78, 5) is 22.8. The van der Waals surface area contributed by atoms with E-state index in [-0.39, 0.29) is 15.3 Å². The van der Waals surface area contributed by atoms with Crippen molar-refractivity contribution in [3.63, 3.8) is 0 Å². The molecule has 1 aromatic heterocycles. The predicted molar refractivity (Wildman–Crippen MR) is 99.7 cm³/mol. The van der Waals surface area contributed by atoms with E-state index >= 15 is 0 Å². The van der Waals surface area contributed by atoms with Crippen LogP contribution in [0.15, 0.2) is 30.5 Å². The van der Waals surface area contributed by atoms with Crippen LogP contribution in [0.2, 0.25) is 0 Å². The summed E-state index contributed by atoms with van der Waals surface area (Å²) in [5.74, 6) is 1.04. The Morgan fingerprint density at radius 2 is 2.08 bits per heavy atom. The molecule has 1 aliphatic heterocycles. The molecule has 136 valence electrons. The number of aliphatic hydroxyl groups is 1. The number of carbonyl (C=O) groups excluding carboxylic acids is 1. The number of ether oxygens (including phenoxy) is 1. The summed E-state index contributed by atoms with van der Waals surface area (Å²) in [5.41, 5.74) is 1.46. The number of nitrogens with zero attached hydrogens (tertiary/aromatic N) is 3. The fourth-order valence-corrected chi connectivity index (χ4v) is 2.67. The number of fused-ring (bicyclic) bond motifs is 1. The van der Waals surface area contributed by atoms with Gasteiger partial charge in [0.1, 0.15) is 0 Å². The molecule has 0 saturated carbocycles. The van der Waals surface area contributed by atoms with Crippen molar-refractivity contribution in [2.45, 2.75) is 19.4 Å². The maximum Gasteiger partial charge on any atom is 0.247 e. The zero-order chi connectivity index (χ0) is 18.0. The normalized spacial score (nSPS) is 14.2. The number of amides is 1. The van der Waals surface area contributed by atoms with Gasteiger partial charge in [-0.05, 0) is 19.4 Å². The predicted octanol–water partition coefficient (Wildman–Crippen LogP) is 2.27. The molecule has 3 rings (SSSR count). The highest BCUT2D eigenvalue weighted by Crippen LogP contribution is 2.29. The van der Waals surface area contributed by atoms with E-state index in [0.29, 0.717) is 30.5 Å². The molecule has 0 bridgehead atoms. The molecule has 7 nitrogen and oxygen atoms in total. The van der Waals surface area contributed by atoms with Crippen LogP contribution >= 0.6 is 0 Å². The first-order valence-corrected chi connectivity index (χ1v) is 8.13. The lowest BCUT2D eigenvalue weighted by Crippen LogP contribution is -2.42. The number of benzene rings is 1. The molecule has 2 heterocycles. The fourth-order valence-electron chi connectivity index (χ4n) is 2.67. The van der Waals surface area contributed by atoms with E-state index in [9.17, 15) is 9.90 Å². The van der Waals surface area contributed by atoms with Gasteiger partial charge in [0.2, 0.25) is 5.91 Å². The number of aromatic nitrogens is 2. The first kappa shape index (κ1) is 17.3. The maximum atomic E-state index is 12.2. The zero-order valence-electron chi connectivity index (χ0n) is 14.6. The Balaban J connectivity index is 0.00000182. The summed E-state index contributed by atoms with van der Waals surface area (Å²) in [6, 6.07) is 7.51. The molecule has 0 spiro atoms. The molecular formula is C18H26N4O3. The highest BCUT2D eigenvalue weighted by Gasteiger charge is 2.26. The number of anilines is 2. The van der Waals surface area contributed by atoms with Gasteiger partial charge in [-0.3, -0.25) is 9.69 Å². The molecule has 0 aliphatic carbocycles. The zero-order valence-corrected chi connectivity index (χ0v) is 14.6. The van der Waals surface area contributed by atoms with Crippen LogP contribution in [0.4, 0.5) is 11.6 Å². The molecular weight excluding hydrogens is 320 g/mol. The van der Waals surface area contributed by atoms with E-state index < -0.39 is 5.60 Å². The number of carbonyl (C=O) groups is 1. The topological polar surface area (TPSA) is 87.6 Å². The summed E-state index contributed by atoms with van der Waals surface area (Å²) in [5, 5.41) is 13.1. The number of methoxy groups -OCH3 is 1. The Morgan fingerprint density at radius 3 is 2.72 bits per heavy atom. The van der Waals surface area contributed by atoms with Crippen molar-refractivity contribution in [2.75, 3.05) is 37.0 Å². The van der Waals surface area contributed by atoms with Crippen LogP contribution in [0.1, 0.15) is 22.3 Å². The van der Waals surface area contributed by atoms with E-state index in [1.807, 2.05) is 24.3 Å². The van der Waals surface area contributed by atoms with Gasteiger partial charge in [0, 0.05) is 15.5 Å². The quantitative estimate of drug-likeness (QED) is 0.863. The van der Waals surface area contributed by atoms with E-state index in [0.717, 1.165) is 11.1 Å². The Bertz CT molecular complexity index is 779. The second-order valence-corrected chi connectivity index (χ2v) is 6.46. The van der Waals surface area contributed by atoms with Crippen molar-refractivity contribution in [2.24, 2.45) is 0 Å². The molecule has 25 heavy (non-hydrogen) atoms. The van der Waals surface area contributed by atoms with Gasteiger partial charge in [-0.15, -0.1) is 0 Å². The summed E-state index contributed by atoms with van der Waals surface area (Å²) in [6.07, 6.45) is 1.68. The van der Waals surface area contributed by atoms with Gasteiger partial charge in [-0.25, -0.2) is 9.97 Å². The van der Waals surface area contributed by atoms with Gasteiger partial charge in [0.05, 0.1) is 37.2 Å². The third kappa shape index (κ3) is 3.62. The highest BCUT2D eigenvalue weighted by atomic mass is 16.5. The summed E-state index contributed by atoms with van der Waals surface area (Å²) in [6.45, 7) is 4.54. The van der Waals surface area contributed by atoms with Crippen molar-refractivity contribution < 1.29 is 17.5 Å². The highest BCUT2D eigenvalue weighted by molar-refractivity contribution is 6.00. The first-order valence-electron chi connectivity index (χ1n) is 8.13. The molecule has 1 aliphatic rings. The summed E-state index contributed by atoms with van der Waals surface area (Å²) in [7, 11) is 1.60. The van der Waals surface area contributed by atoms with Crippen LogP contribution in [0, 0.1) is 0 Å². The van der Waals surface area contributed by atoms with Crippen LogP contribution in [-0.2, 0) is 15.1 Å². The standard InChI is InChI=1S/C18H22N4O3.2H2/c1-18(2,24)13-6-4-12(5-7-13)14-10-19-16-17(21-14)22(8-9-25-3)15(23)11-20-16;;/h4-7,10,24H,8-9,11H2,1-3H3,(H,19,20);2*1H. The van der Waals surface area contributed by atoms with E-state index in [4.69, 9.17) is 4.74 Å². The summed E-state index contributed by atoms with van der Waals surface area (Å²) < 4.78 is 5.08. The van der Waals surface area contributed by atoms with E-state index in [2.05, 4.69) is 15.3 Å². The van der Waals surface area contributed by atoms with Gasteiger partial charge in [-0.1, -0.05) is 24.3 Å². The molecule has 1 amide bonds. The average Bonchev–Trinajstić information content (AvgIpc) is 2.60. The molecule has 1 aromatic carbocycles. The molecule has 0 atom stereocenters. The molecule has 0 unspecified atom stereocenters. The second-order valence-electron chi connectivity index (χ2n) is 6.46. The lowest BCUT2D eigenvalue weighted by atomic mass is 9.97. The minimum atomic E-state index is -0.895. The van der Waals surface area contributed by atoms with E-state index in [1.165, 1.54) is 0 Å². The first-order chi connectivity index (χ1) is 11.9. The monoisotopic (exact) mass is 346 g/mol. The number of nitrogens with one attached hydrogen (secondary N) is 1. The van der Waals surface area contributed by atoms with Gasteiger partial charge in [0.15, 0.2) is 11.6 Å². The second kappa shape index (κ2) is 6.78. The molecule has 7 heteroatoms. The van der Waals surface area contributed by atoms with Crippen LogP contribution in [0.5, 0.6) is 0 Å². The Kier molecular flexibility index (Phi) is 4.69. The third-order valence-corrected chi connectivity index (χ3v) is 4.12. The van der Waals surface area contributed by atoms with Crippen LogP contribution in [0.25, 0.3) is 11.3 Å². The van der Waals surface area contributed by atoms with Gasteiger partial charge in [0.25, 0.3) is 0 Å². The van der Waals surface area contributed by atoms with Crippen molar-refractivity contribution >= 4 is 17.5 Å². The van der Waals surface area contributed by atoms with E-state index in [1.54, 1.807) is 32.1 Å². The number of hydrogen-bond donors (Lipinski definition) is 2. The lowest BCUT2D eigenvalue weighted by molar-refractivity contribution is -0.117. The molecule has 0 radical (unpaired) electrons. The average molecular weight is 346 g/mol. The molecule has 2 N–H and O–H groups in total. The van der Waals surface area contributed by atoms with Crippen molar-refractivity contribution in [1.29, 1.82) is 0 Å². The van der Waals surface area contributed by atoms with Crippen LogP contribution < -0.4 is 10.2 Å². The summed E-state index contributed by atoms with van der Waals surface area (Å²) >= 11 is 0. The Hall–Kier alpha value is -2.51. The number of rotatable bonds is 5. The smallest absolute Gasteiger partial charge is 0.247 e. The number of hydrogen-bond acceptors (Lipinski definition) is 6. The SMILES string of the molecule is COCCN1C(=O)CNc2ncc(-c3ccc(C(C)(C)O)cc3)nc21.[HH].[HH]. The minimum Gasteiger partial charge on any atom is -0.386 e. The van der Waals surface area contributed by atoms with Crippen LogP contribution in [-0.4, -0.2) is 47.8 Å². The Morgan fingerprint density at radius 1 is 1.36 bits per heavy atom. The fraction of sp³-hybridized carbons (Fsp3) is 0.389. The van der Waals surface area contributed by atoms with Crippen molar-refractivity contribution in [1.82, 2.24) is 9.97 Å². The molecule has 2 aromatic rings. The lowest BCUT2D eigenvalue weighted by Gasteiger charge is -2.28. The van der Waals surface area contributed by atoms with Gasteiger partial charge >= 0.3 is 0 Å². The molecule has 0 saturated heterocycles.